The van der Waals surface area contributed by atoms with E-state index in [2.05, 4.69) is 15.0 Å². The number of nitrogens with one attached hydrogen (secondary N) is 1. The molecular weight excluding hydrogens is 242 g/mol. The Morgan fingerprint density at radius 2 is 2.41 bits per heavy atom. The van der Waals surface area contributed by atoms with Gasteiger partial charge in [-0.15, -0.1) is 11.3 Å². The molecular formula is C10H11N3O3S. The van der Waals surface area contributed by atoms with Gasteiger partial charge in [0.25, 0.3) is 11.5 Å². The molecule has 0 fully saturated rings. The maximum atomic E-state index is 12.0. The number of amides is 1. The third kappa shape index (κ3) is 2.20. The highest BCUT2D eigenvalue weighted by atomic mass is 32.1. The lowest BCUT2D eigenvalue weighted by molar-refractivity contribution is -0.119. The van der Waals surface area contributed by atoms with Crippen LogP contribution in [0.5, 0.6) is 0 Å². The van der Waals surface area contributed by atoms with Gasteiger partial charge in [0.2, 0.25) is 0 Å². The van der Waals surface area contributed by atoms with Gasteiger partial charge >= 0.3 is 0 Å². The summed E-state index contributed by atoms with van der Waals surface area (Å²) in [6.45, 7) is 1.59. The molecule has 0 aliphatic heterocycles. The fourth-order valence-corrected chi connectivity index (χ4v) is 2.18. The topological polar surface area (TPSA) is 72.7 Å². The van der Waals surface area contributed by atoms with Gasteiger partial charge in [-0.1, -0.05) is 0 Å². The molecule has 2 aromatic heterocycles. The molecule has 1 amide bonds. The zero-order valence-corrected chi connectivity index (χ0v) is 10.2. The van der Waals surface area contributed by atoms with Crippen LogP contribution in [0.2, 0.25) is 0 Å². The molecule has 0 aliphatic carbocycles. The summed E-state index contributed by atoms with van der Waals surface area (Å²) in [7, 11) is 1.42. The summed E-state index contributed by atoms with van der Waals surface area (Å²) in [5.41, 5.74) is 0.419. The van der Waals surface area contributed by atoms with E-state index in [-0.39, 0.29) is 23.8 Å². The fourth-order valence-electron chi connectivity index (χ4n) is 1.43. The summed E-state index contributed by atoms with van der Waals surface area (Å²) in [4.78, 5) is 28.3. The van der Waals surface area contributed by atoms with Crippen LogP contribution in [0, 0.1) is 6.92 Å². The number of nitrogens with zero attached hydrogens (tertiary/aromatic N) is 2. The van der Waals surface area contributed by atoms with Gasteiger partial charge in [-0.25, -0.2) is 4.98 Å². The van der Waals surface area contributed by atoms with E-state index in [4.69, 9.17) is 0 Å². The molecule has 0 aromatic carbocycles. The van der Waals surface area contributed by atoms with Gasteiger partial charge in [-0.2, -0.15) is 0 Å². The normalized spacial score (nSPS) is 10.7. The highest BCUT2D eigenvalue weighted by molar-refractivity contribution is 7.15. The number of ether oxygens (including phenoxy) is 1. The van der Waals surface area contributed by atoms with Gasteiger partial charge in [-0.3, -0.25) is 14.0 Å². The summed E-state index contributed by atoms with van der Waals surface area (Å²) < 4.78 is 6.09. The van der Waals surface area contributed by atoms with Gasteiger partial charge in [0.15, 0.2) is 4.96 Å². The summed E-state index contributed by atoms with van der Waals surface area (Å²) >= 11 is 1.37. The Kier molecular flexibility index (Phi) is 3.21. The van der Waals surface area contributed by atoms with Crippen LogP contribution in [0.3, 0.4) is 0 Å². The highest BCUT2D eigenvalue weighted by Gasteiger charge is 2.12. The van der Waals surface area contributed by atoms with Crippen molar-refractivity contribution in [2.45, 2.75) is 6.92 Å². The maximum Gasteiger partial charge on any atom is 0.282 e. The smallest absolute Gasteiger partial charge is 0.282 e. The molecule has 17 heavy (non-hydrogen) atoms. The van der Waals surface area contributed by atoms with Gasteiger partial charge in [0.05, 0.1) is 5.69 Å². The number of anilines is 1. The lowest BCUT2D eigenvalue weighted by Crippen LogP contribution is -2.26. The summed E-state index contributed by atoms with van der Waals surface area (Å²) in [6.07, 6.45) is 1.63. The lowest BCUT2D eigenvalue weighted by atomic mass is 10.3. The zero-order valence-electron chi connectivity index (χ0n) is 9.39. The molecule has 0 saturated heterocycles. The number of aromatic nitrogens is 2. The number of thiazole rings is 1. The van der Waals surface area contributed by atoms with E-state index in [0.29, 0.717) is 10.7 Å². The quantitative estimate of drug-likeness (QED) is 0.871. The Labute approximate surface area is 101 Å². The first-order chi connectivity index (χ1) is 8.13. The number of rotatable bonds is 3. The van der Waals surface area contributed by atoms with Gasteiger partial charge in [0.1, 0.15) is 12.3 Å². The summed E-state index contributed by atoms with van der Waals surface area (Å²) in [6, 6.07) is 0. The Morgan fingerprint density at radius 1 is 1.65 bits per heavy atom. The number of fused-ring (bicyclic) bond motifs is 1. The molecule has 0 atom stereocenters. The zero-order chi connectivity index (χ0) is 12.4. The number of aryl methyl sites for hydroxylation is 1. The van der Waals surface area contributed by atoms with Crippen LogP contribution in [-0.2, 0) is 9.53 Å². The van der Waals surface area contributed by atoms with Crippen molar-refractivity contribution in [1.29, 1.82) is 0 Å². The second-order valence-corrected chi connectivity index (χ2v) is 4.29. The number of hydrogen-bond acceptors (Lipinski definition) is 5. The van der Waals surface area contributed by atoms with Crippen LogP contribution in [0.25, 0.3) is 4.96 Å². The van der Waals surface area contributed by atoms with Crippen molar-refractivity contribution >= 4 is 27.9 Å². The highest BCUT2D eigenvalue weighted by Crippen LogP contribution is 2.12. The van der Waals surface area contributed by atoms with Gasteiger partial charge < -0.3 is 10.1 Å². The number of carbonyl (C=O) groups is 1. The average molecular weight is 253 g/mol. The summed E-state index contributed by atoms with van der Waals surface area (Å²) in [5, 5.41) is 4.27. The van der Waals surface area contributed by atoms with Crippen LogP contribution in [-0.4, -0.2) is 29.0 Å². The Bertz CT molecular complexity index is 617. The predicted molar refractivity (Wildman–Crippen MR) is 64.6 cm³/mol. The molecule has 0 bridgehead atoms. The summed E-state index contributed by atoms with van der Waals surface area (Å²) in [5.74, 6) is -0.371. The minimum Gasteiger partial charge on any atom is -0.375 e. The lowest BCUT2D eigenvalue weighted by Gasteiger charge is -2.06. The van der Waals surface area contributed by atoms with E-state index in [1.165, 1.54) is 22.8 Å². The third-order valence-electron chi connectivity index (χ3n) is 2.19. The van der Waals surface area contributed by atoms with Crippen molar-refractivity contribution in [2.75, 3.05) is 19.0 Å². The molecule has 90 valence electrons. The van der Waals surface area contributed by atoms with E-state index in [9.17, 15) is 9.59 Å². The van der Waals surface area contributed by atoms with E-state index in [0.717, 1.165) is 0 Å². The fraction of sp³-hybridized carbons (Fsp3) is 0.300. The SMILES string of the molecule is COCC(=O)Nc1c(C)nc2sccn2c1=O. The van der Waals surface area contributed by atoms with Crippen molar-refractivity contribution in [1.82, 2.24) is 9.38 Å². The first-order valence-corrected chi connectivity index (χ1v) is 5.76. The Morgan fingerprint density at radius 3 is 3.12 bits per heavy atom. The first-order valence-electron chi connectivity index (χ1n) is 4.88. The third-order valence-corrected chi connectivity index (χ3v) is 2.94. The van der Waals surface area contributed by atoms with Crippen LogP contribution in [0.15, 0.2) is 16.4 Å². The molecule has 0 radical (unpaired) electrons. The van der Waals surface area contributed by atoms with Crippen LogP contribution < -0.4 is 10.9 Å². The molecule has 0 aliphatic rings. The number of methoxy groups -OCH3 is 1. The van der Waals surface area contributed by atoms with Gasteiger partial charge in [-0.05, 0) is 6.92 Å². The second kappa shape index (κ2) is 4.64. The van der Waals surface area contributed by atoms with Crippen LogP contribution >= 0.6 is 11.3 Å². The van der Waals surface area contributed by atoms with E-state index in [1.54, 1.807) is 18.5 Å². The molecule has 2 rings (SSSR count). The minimum atomic E-state index is -0.371. The van der Waals surface area contributed by atoms with E-state index >= 15 is 0 Å². The Hall–Kier alpha value is -1.73. The number of hydrogen-bond donors (Lipinski definition) is 1. The largest absolute Gasteiger partial charge is 0.375 e. The predicted octanol–water partition coefficient (Wildman–Crippen LogP) is 0.649. The van der Waals surface area contributed by atoms with E-state index in [1.807, 2.05) is 0 Å². The molecule has 2 heterocycles. The molecule has 6 nitrogen and oxygen atoms in total. The van der Waals surface area contributed by atoms with Crippen molar-refractivity contribution in [3.63, 3.8) is 0 Å². The van der Waals surface area contributed by atoms with Crippen molar-refractivity contribution in [2.24, 2.45) is 0 Å². The van der Waals surface area contributed by atoms with Crippen molar-refractivity contribution in [3.8, 4) is 0 Å². The van der Waals surface area contributed by atoms with E-state index < -0.39 is 0 Å². The Balaban J connectivity index is 2.46. The van der Waals surface area contributed by atoms with Crippen LogP contribution in [0.4, 0.5) is 5.69 Å². The van der Waals surface area contributed by atoms with Crippen LogP contribution in [0.1, 0.15) is 5.69 Å². The molecule has 0 unspecified atom stereocenters. The number of carbonyl (C=O) groups excluding carboxylic acids is 1. The molecule has 7 heteroatoms. The van der Waals surface area contributed by atoms with Gasteiger partial charge in [0, 0.05) is 18.7 Å². The first kappa shape index (κ1) is 11.7. The molecule has 0 spiro atoms. The second-order valence-electron chi connectivity index (χ2n) is 3.41. The molecule has 0 saturated carbocycles. The average Bonchev–Trinajstić information content (AvgIpc) is 2.72. The molecule has 1 N–H and O–H groups in total. The minimum absolute atomic E-state index is 0.0920. The van der Waals surface area contributed by atoms with Crippen molar-refractivity contribution in [3.05, 3.63) is 27.6 Å². The maximum absolute atomic E-state index is 12.0. The molecule has 2 aromatic rings. The van der Waals surface area contributed by atoms with Crippen molar-refractivity contribution < 1.29 is 9.53 Å². The monoisotopic (exact) mass is 253 g/mol. The standard InChI is InChI=1S/C10H11N3O3S/c1-6-8(12-7(14)5-16-2)9(15)13-3-4-17-10(13)11-6/h3-4H,5H2,1-2H3,(H,12,14).